The van der Waals surface area contributed by atoms with Crippen molar-refractivity contribution in [2.45, 2.75) is 12.6 Å². The van der Waals surface area contributed by atoms with Crippen LogP contribution in [0.15, 0.2) is 30.9 Å². The first-order chi connectivity index (χ1) is 8.82. The number of halogens is 4. The van der Waals surface area contributed by atoms with Crippen LogP contribution in [0.3, 0.4) is 0 Å². The van der Waals surface area contributed by atoms with E-state index < -0.39 is 11.7 Å². The summed E-state index contributed by atoms with van der Waals surface area (Å²) in [7, 11) is 0. The molecule has 1 aliphatic rings. The van der Waals surface area contributed by atoms with Crippen molar-refractivity contribution in [3.05, 3.63) is 41.4 Å². The molecule has 1 heterocycles. The van der Waals surface area contributed by atoms with Crippen LogP contribution in [0.1, 0.15) is 12.0 Å². The molecule has 19 heavy (non-hydrogen) atoms. The molecule has 1 amide bonds. The van der Waals surface area contributed by atoms with Gasteiger partial charge in [0.2, 0.25) is 5.91 Å². The van der Waals surface area contributed by atoms with Gasteiger partial charge in [0, 0.05) is 23.9 Å². The van der Waals surface area contributed by atoms with E-state index in [1.165, 1.54) is 12.1 Å². The van der Waals surface area contributed by atoms with Gasteiger partial charge in [0.15, 0.2) is 0 Å². The van der Waals surface area contributed by atoms with E-state index in [2.05, 4.69) is 6.58 Å². The van der Waals surface area contributed by atoms with E-state index in [1.54, 1.807) is 6.08 Å². The lowest BCUT2D eigenvalue weighted by Crippen LogP contribution is -2.27. The Bertz CT molecular complexity index is 527. The Morgan fingerprint density at radius 3 is 2.63 bits per heavy atom. The van der Waals surface area contributed by atoms with Gasteiger partial charge < -0.3 is 4.90 Å². The zero-order valence-corrected chi connectivity index (χ0v) is 10.6. The van der Waals surface area contributed by atoms with Crippen molar-refractivity contribution in [1.82, 2.24) is 0 Å². The number of carbonyl (C=O) groups excluding carboxylic acids is 1. The van der Waals surface area contributed by atoms with Gasteiger partial charge in [-0.05, 0) is 18.2 Å². The van der Waals surface area contributed by atoms with Gasteiger partial charge in [0.1, 0.15) is 0 Å². The van der Waals surface area contributed by atoms with Crippen LogP contribution in [0.4, 0.5) is 18.9 Å². The molecule has 6 heteroatoms. The molecule has 2 rings (SSSR count). The maximum absolute atomic E-state index is 13.0. The molecule has 1 aromatic rings. The predicted octanol–water partition coefficient (Wildman–Crippen LogP) is 3.90. The van der Waals surface area contributed by atoms with Crippen molar-refractivity contribution in [3.63, 3.8) is 0 Å². The first kappa shape index (κ1) is 13.9. The van der Waals surface area contributed by atoms with E-state index in [0.717, 1.165) is 11.0 Å². The van der Waals surface area contributed by atoms with Crippen LogP contribution in [-0.2, 0) is 11.0 Å². The van der Waals surface area contributed by atoms with Crippen LogP contribution in [0.25, 0.3) is 0 Å². The van der Waals surface area contributed by atoms with Crippen molar-refractivity contribution in [2.24, 2.45) is 5.92 Å². The van der Waals surface area contributed by atoms with Crippen LogP contribution in [0, 0.1) is 5.92 Å². The molecule has 0 aliphatic carbocycles. The molecule has 0 bridgehead atoms. The molecule has 0 spiro atoms. The zero-order valence-electron chi connectivity index (χ0n) is 9.88. The van der Waals surface area contributed by atoms with Crippen molar-refractivity contribution in [3.8, 4) is 0 Å². The molecule has 1 aromatic carbocycles. The number of nitrogens with zero attached hydrogens (tertiary/aromatic N) is 1. The minimum Gasteiger partial charge on any atom is -0.311 e. The van der Waals surface area contributed by atoms with Crippen LogP contribution >= 0.6 is 11.6 Å². The molecule has 1 fully saturated rings. The molecule has 0 N–H and O–H groups in total. The summed E-state index contributed by atoms with van der Waals surface area (Å²) in [4.78, 5) is 12.9. The SMILES string of the molecule is C=CC1CC(=O)N(c2ccc(Cl)cc2C(F)(F)F)C1. The number of rotatable bonds is 2. The van der Waals surface area contributed by atoms with E-state index in [0.29, 0.717) is 0 Å². The Morgan fingerprint density at radius 1 is 1.42 bits per heavy atom. The molecule has 1 atom stereocenters. The van der Waals surface area contributed by atoms with Gasteiger partial charge in [-0.25, -0.2) is 0 Å². The van der Waals surface area contributed by atoms with E-state index in [4.69, 9.17) is 11.6 Å². The minimum absolute atomic E-state index is 0.0111. The smallest absolute Gasteiger partial charge is 0.311 e. The predicted molar refractivity (Wildman–Crippen MR) is 67.1 cm³/mol. The van der Waals surface area contributed by atoms with Crippen LogP contribution in [0.5, 0.6) is 0 Å². The summed E-state index contributed by atoms with van der Waals surface area (Å²) in [5, 5.41) is -0.0111. The van der Waals surface area contributed by atoms with Gasteiger partial charge in [-0.1, -0.05) is 17.7 Å². The highest BCUT2D eigenvalue weighted by Gasteiger charge is 2.38. The molecule has 0 aromatic heterocycles. The van der Waals surface area contributed by atoms with Gasteiger partial charge in [-0.15, -0.1) is 6.58 Å². The highest BCUT2D eigenvalue weighted by atomic mass is 35.5. The Balaban J connectivity index is 2.45. The number of benzene rings is 1. The van der Waals surface area contributed by atoms with Gasteiger partial charge in [0.05, 0.1) is 11.3 Å². The van der Waals surface area contributed by atoms with Gasteiger partial charge >= 0.3 is 6.18 Å². The average molecular weight is 290 g/mol. The summed E-state index contributed by atoms with van der Waals surface area (Å²) in [6, 6.07) is 3.42. The number of amides is 1. The van der Waals surface area contributed by atoms with Crippen LogP contribution in [-0.4, -0.2) is 12.5 Å². The number of carbonyl (C=O) groups is 1. The first-order valence-corrected chi connectivity index (χ1v) is 6.00. The van der Waals surface area contributed by atoms with E-state index in [-0.39, 0.29) is 35.5 Å². The third kappa shape index (κ3) is 2.76. The van der Waals surface area contributed by atoms with Crippen LogP contribution < -0.4 is 4.90 Å². The summed E-state index contributed by atoms with van der Waals surface area (Å²) in [5.74, 6) is -0.456. The van der Waals surface area contributed by atoms with Crippen molar-refractivity contribution in [1.29, 1.82) is 0 Å². The van der Waals surface area contributed by atoms with E-state index in [9.17, 15) is 18.0 Å². The summed E-state index contributed by atoms with van der Waals surface area (Å²) < 4.78 is 38.9. The monoisotopic (exact) mass is 289 g/mol. The topological polar surface area (TPSA) is 20.3 Å². The van der Waals surface area contributed by atoms with E-state index >= 15 is 0 Å². The minimum atomic E-state index is -4.55. The first-order valence-electron chi connectivity index (χ1n) is 5.62. The summed E-state index contributed by atoms with van der Waals surface area (Å²) in [6.45, 7) is 3.78. The lowest BCUT2D eigenvalue weighted by atomic mass is 10.1. The third-order valence-corrected chi connectivity index (χ3v) is 3.28. The highest BCUT2D eigenvalue weighted by molar-refractivity contribution is 6.30. The Hall–Kier alpha value is -1.49. The summed E-state index contributed by atoms with van der Waals surface area (Å²) >= 11 is 5.60. The fourth-order valence-electron chi connectivity index (χ4n) is 2.10. The molecule has 0 radical (unpaired) electrons. The van der Waals surface area contributed by atoms with Gasteiger partial charge in [-0.2, -0.15) is 13.2 Å². The molecule has 102 valence electrons. The Morgan fingerprint density at radius 2 is 2.11 bits per heavy atom. The second kappa shape index (κ2) is 4.89. The summed E-state index contributed by atoms with van der Waals surface area (Å²) in [6.07, 6.45) is -2.78. The molecule has 1 aliphatic heterocycles. The summed E-state index contributed by atoms with van der Waals surface area (Å²) in [5.41, 5.74) is -1.04. The second-order valence-electron chi connectivity index (χ2n) is 4.36. The molecule has 1 saturated heterocycles. The number of anilines is 1. The number of hydrogen-bond donors (Lipinski definition) is 0. The molecule has 1 unspecified atom stereocenters. The average Bonchev–Trinajstić information content (AvgIpc) is 2.69. The molecular formula is C13H11ClF3NO. The standard InChI is InChI=1S/C13H11ClF3NO/c1-2-8-5-12(19)18(7-8)11-4-3-9(14)6-10(11)13(15,16)17/h2-4,6,8H,1,5,7H2. The number of alkyl halides is 3. The Kier molecular flexibility index (Phi) is 3.58. The maximum Gasteiger partial charge on any atom is 0.418 e. The van der Waals surface area contributed by atoms with Crippen molar-refractivity contribution in [2.75, 3.05) is 11.4 Å². The normalized spacial score (nSPS) is 19.9. The fourth-order valence-corrected chi connectivity index (χ4v) is 2.27. The van der Waals surface area contributed by atoms with E-state index in [1.807, 2.05) is 0 Å². The Labute approximate surface area is 113 Å². The van der Waals surface area contributed by atoms with Crippen LogP contribution in [0.2, 0.25) is 5.02 Å². The van der Waals surface area contributed by atoms with Gasteiger partial charge in [-0.3, -0.25) is 4.79 Å². The molecule has 0 saturated carbocycles. The van der Waals surface area contributed by atoms with Crippen molar-refractivity contribution >= 4 is 23.2 Å². The number of hydrogen-bond acceptors (Lipinski definition) is 1. The molecular weight excluding hydrogens is 279 g/mol. The fraction of sp³-hybridized carbons (Fsp3) is 0.308. The lowest BCUT2D eigenvalue weighted by Gasteiger charge is -2.21. The largest absolute Gasteiger partial charge is 0.418 e. The highest BCUT2D eigenvalue weighted by Crippen LogP contribution is 2.40. The van der Waals surface area contributed by atoms with Crippen molar-refractivity contribution < 1.29 is 18.0 Å². The maximum atomic E-state index is 13.0. The second-order valence-corrected chi connectivity index (χ2v) is 4.80. The lowest BCUT2D eigenvalue weighted by molar-refractivity contribution is -0.137. The molecule has 2 nitrogen and oxygen atoms in total. The zero-order chi connectivity index (χ0) is 14.2. The third-order valence-electron chi connectivity index (χ3n) is 3.04. The quantitative estimate of drug-likeness (QED) is 0.756. The van der Waals surface area contributed by atoms with Gasteiger partial charge in [0.25, 0.3) is 0 Å².